The Bertz CT molecular complexity index is 718. The minimum Gasteiger partial charge on any atom is -0.378 e. The van der Waals surface area contributed by atoms with E-state index in [4.69, 9.17) is 10.1 Å². The number of carbonyl (C=O) groups excluding carboxylic acids is 1. The van der Waals surface area contributed by atoms with Crippen LogP contribution in [-0.4, -0.2) is 19.4 Å². The smallest absolute Gasteiger partial charge is 0.116 e. The van der Waals surface area contributed by atoms with Gasteiger partial charge in [-0.05, 0) is 56.2 Å². The zero-order valence-electron chi connectivity index (χ0n) is 14.4. The molecule has 0 aliphatic carbocycles. The molecule has 0 fully saturated rings. The molecule has 0 radical (unpaired) electrons. The van der Waals surface area contributed by atoms with Crippen molar-refractivity contribution < 1.29 is 4.79 Å². The van der Waals surface area contributed by atoms with E-state index in [-0.39, 0.29) is 0 Å². The molecule has 2 unspecified atom stereocenters. The Hall–Kier alpha value is -2.80. The summed E-state index contributed by atoms with van der Waals surface area (Å²) < 4.78 is 0. The van der Waals surface area contributed by atoms with Gasteiger partial charge in [-0.1, -0.05) is 18.2 Å². The van der Waals surface area contributed by atoms with Crippen LogP contribution in [0.15, 0.2) is 48.5 Å². The van der Waals surface area contributed by atoms with Gasteiger partial charge in [-0.15, -0.1) is 0 Å². The summed E-state index contributed by atoms with van der Waals surface area (Å²) in [5, 5.41) is 12.5. The Kier molecular flexibility index (Phi) is 5.97. The maximum absolute atomic E-state index is 8.87. The summed E-state index contributed by atoms with van der Waals surface area (Å²) in [6, 6.07) is 19.2. The molecule has 1 heterocycles. The van der Waals surface area contributed by atoms with Crippen molar-refractivity contribution in [3.8, 4) is 6.07 Å². The third-order valence-corrected chi connectivity index (χ3v) is 4.29. The van der Waals surface area contributed by atoms with E-state index in [1.807, 2.05) is 24.3 Å². The highest BCUT2D eigenvalue weighted by molar-refractivity contribution is 5.60. The number of hydrogen-bond donors (Lipinski definition) is 1. The second kappa shape index (κ2) is 8.16. The first kappa shape index (κ1) is 17.6. The molecule has 3 rings (SSSR count). The number of rotatable bonds is 2. The van der Waals surface area contributed by atoms with Crippen LogP contribution in [0.2, 0.25) is 0 Å². The predicted octanol–water partition coefficient (Wildman–Crippen LogP) is 4.15. The molecule has 2 atom stereocenters. The molecule has 0 spiro atoms. The number of aldehydes is 1. The highest BCUT2D eigenvalue weighted by Crippen LogP contribution is 2.37. The summed E-state index contributed by atoms with van der Waals surface area (Å²) in [5.74, 6) is 0. The largest absolute Gasteiger partial charge is 0.378 e. The monoisotopic (exact) mass is 321 g/mol. The topological polar surface area (TPSA) is 56.1 Å². The van der Waals surface area contributed by atoms with Gasteiger partial charge in [0.15, 0.2) is 0 Å². The fraction of sp³-hybridized carbons (Fsp3) is 0.300. The van der Waals surface area contributed by atoms with Crippen LogP contribution in [-0.2, 0) is 4.79 Å². The Morgan fingerprint density at radius 2 is 1.83 bits per heavy atom. The minimum absolute atomic E-state index is 0.306. The van der Waals surface area contributed by atoms with Crippen molar-refractivity contribution in [3.63, 3.8) is 0 Å². The molecule has 1 aliphatic rings. The van der Waals surface area contributed by atoms with E-state index < -0.39 is 0 Å². The fourth-order valence-corrected chi connectivity index (χ4v) is 2.95. The van der Waals surface area contributed by atoms with Gasteiger partial charge in [0.1, 0.15) is 6.29 Å². The first-order valence-electron chi connectivity index (χ1n) is 8.09. The number of hydrogen-bond acceptors (Lipinski definition) is 4. The molecule has 0 bridgehead atoms. The maximum atomic E-state index is 8.87. The van der Waals surface area contributed by atoms with E-state index in [0.717, 1.165) is 18.4 Å². The third-order valence-electron chi connectivity index (χ3n) is 4.29. The Morgan fingerprint density at radius 1 is 1.21 bits per heavy atom. The quantitative estimate of drug-likeness (QED) is 0.844. The van der Waals surface area contributed by atoms with E-state index in [9.17, 15) is 0 Å². The molecule has 1 N–H and O–H groups in total. The maximum Gasteiger partial charge on any atom is 0.116 e. The summed E-state index contributed by atoms with van der Waals surface area (Å²) in [5.41, 5.74) is 4.38. The highest BCUT2D eigenvalue weighted by Gasteiger charge is 2.27. The molecule has 124 valence electrons. The Morgan fingerprint density at radius 3 is 2.46 bits per heavy atom. The van der Waals surface area contributed by atoms with E-state index in [0.29, 0.717) is 17.6 Å². The lowest BCUT2D eigenvalue weighted by Gasteiger charge is -2.39. The van der Waals surface area contributed by atoms with Crippen LogP contribution in [0.1, 0.15) is 37.4 Å². The van der Waals surface area contributed by atoms with E-state index >= 15 is 0 Å². The van der Waals surface area contributed by atoms with Gasteiger partial charge in [0.2, 0.25) is 0 Å². The van der Waals surface area contributed by atoms with Crippen LogP contribution in [0.25, 0.3) is 0 Å². The number of nitrogens with zero attached hydrogens (tertiary/aromatic N) is 2. The molecule has 2 aromatic rings. The van der Waals surface area contributed by atoms with Crippen LogP contribution in [0.5, 0.6) is 0 Å². The second-order valence-corrected chi connectivity index (χ2v) is 5.88. The van der Waals surface area contributed by atoms with Crippen LogP contribution in [0.3, 0.4) is 0 Å². The normalized spacial score (nSPS) is 18.5. The molecule has 1 aliphatic heterocycles. The Balaban J connectivity index is 0.000000647. The standard InChI is InChI=1S/C18H19N3.C2H4O/c1-13-11-17(16-5-3-4-6-18(16)21(13)2)20-15-9-7-14(12-19)8-10-15;1-2-3/h3-10,13,17,20H,11H2,1-2H3;2H,1H3. The van der Waals surface area contributed by atoms with Gasteiger partial charge in [-0.25, -0.2) is 0 Å². The van der Waals surface area contributed by atoms with Crippen molar-refractivity contribution in [1.82, 2.24) is 0 Å². The molecule has 0 saturated heterocycles. The number of nitriles is 1. The zero-order chi connectivity index (χ0) is 17.5. The second-order valence-electron chi connectivity index (χ2n) is 5.88. The van der Waals surface area contributed by atoms with Gasteiger partial charge in [0.05, 0.1) is 17.7 Å². The van der Waals surface area contributed by atoms with Crippen molar-refractivity contribution in [2.45, 2.75) is 32.4 Å². The number of anilines is 2. The SMILES string of the molecule is CC1CC(Nc2ccc(C#N)cc2)c2ccccc2N1C.CC=O. The van der Waals surface area contributed by atoms with Gasteiger partial charge in [0.25, 0.3) is 0 Å². The van der Waals surface area contributed by atoms with Crippen molar-refractivity contribution in [1.29, 1.82) is 5.26 Å². The minimum atomic E-state index is 0.306. The van der Waals surface area contributed by atoms with Crippen molar-refractivity contribution >= 4 is 17.7 Å². The summed E-state index contributed by atoms with van der Waals surface area (Å²) in [6.45, 7) is 3.70. The van der Waals surface area contributed by atoms with E-state index in [1.165, 1.54) is 18.2 Å². The third kappa shape index (κ3) is 3.94. The van der Waals surface area contributed by atoms with Crippen LogP contribution < -0.4 is 10.2 Å². The van der Waals surface area contributed by atoms with Crippen LogP contribution >= 0.6 is 0 Å². The zero-order valence-corrected chi connectivity index (χ0v) is 14.4. The summed E-state index contributed by atoms with van der Waals surface area (Å²) in [4.78, 5) is 11.1. The lowest BCUT2D eigenvalue weighted by Crippen LogP contribution is -2.37. The lowest BCUT2D eigenvalue weighted by atomic mass is 9.92. The van der Waals surface area contributed by atoms with Crippen molar-refractivity contribution in [2.75, 3.05) is 17.3 Å². The number of nitrogens with one attached hydrogen (secondary N) is 1. The molecular weight excluding hydrogens is 298 g/mol. The van der Waals surface area contributed by atoms with E-state index in [2.05, 4.69) is 54.5 Å². The fourth-order valence-electron chi connectivity index (χ4n) is 2.95. The molecule has 4 heteroatoms. The highest BCUT2D eigenvalue weighted by atomic mass is 16.1. The molecule has 24 heavy (non-hydrogen) atoms. The number of carbonyl (C=O) groups is 1. The van der Waals surface area contributed by atoms with Crippen molar-refractivity contribution in [3.05, 3.63) is 59.7 Å². The Labute approximate surface area is 143 Å². The average Bonchev–Trinajstić information content (AvgIpc) is 2.61. The number of fused-ring (bicyclic) bond motifs is 1. The summed E-state index contributed by atoms with van der Waals surface area (Å²) >= 11 is 0. The van der Waals surface area contributed by atoms with Gasteiger partial charge in [0, 0.05) is 24.5 Å². The van der Waals surface area contributed by atoms with Gasteiger partial charge in [-0.3, -0.25) is 0 Å². The predicted molar refractivity (Wildman–Crippen MR) is 98.2 cm³/mol. The first-order valence-corrected chi connectivity index (χ1v) is 8.09. The molecular formula is C20H23N3O. The van der Waals surface area contributed by atoms with Gasteiger partial charge in [-0.2, -0.15) is 5.26 Å². The summed E-state index contributed by atoms with van der Waals surface area (Å²) in [6.07, 6.45) is 1.81. The number of para-hydroxylation sites is 1. The van der Waals surface area contributed by atoms with Crippen LogP contribution in [0, 0.1) is 11.3 Å². The molecule has 0 saturated carbocycles. The van der Waals surface area contributed by atoms with Gasteiger partial charge < -0.3 is 15.0 Å². The summed E-state index contributed by atoms with van der Waals surface area (Å²) in [7, 11) is 2.15. The average molecular weight is 321 g/mol. The first-order chi connectivity index (χ1) is 11.6. The van der Waals surface area contributed by atoms with E-state index in [1.54, 1.807) is 0 Å². The molecule has 4 nitrogen and oxygen atoms in total. The molecule has 0 aromatic heterocycles. The lowest BCUT2D eigenvalue weighted by molar-refractivity contribution is -0.106. The molecule has 2 aromatic carbocycles. The van der Waals surface area contributed by atoms with Gasteiger partial charge >= 0.3 is 0 Å². The molecule has 0 amide bonds. The number of benzene rings is 2. The van der Waals surface area contributed by atoms with Crippen LogP contribution in [0.4, 0.5) is 11.4 Å². The van der Waals surface area contributed by atoms with Crippen molar-refractivity contribution in [2.24, 2.45) is 0 Å².